The Morgan fingerprint density at radius 2 is 1.42 bits per heavy atom. The molecule has 8 heteroatoms. The molecule has 0 radical (unpaired) electrons. The maximum absolute atomic E-state index is 12.3. The molecule has 0 rings (SSSR count). The summed E-state index contributed by atoms with van der Waals surface area (Å²) in [6.07, 6.45) is -10.1. The van der Waals surface area contributed by atoms with Gasteiger partial charge < -0.3 is 4.90 Å². The van der Waals surface area contributed by atoms with Crippen molar-refractivity contribution in [2.45, 2.75) is 39.2 Å². The Bertz CT molecular complexity index is 279. The third kappa shape index (κ3) is 6.89. The number of halogens is 6. The number of allylic oxidation sites excluding steroid dienone is 1. The largest absolute Gasteiger partial charge is 0.404 e. The molecule has 0 fully saturated rings. The van der Waals surface area contributed by atoms with Crippen LogP contribution in [-0.2, 0) is 0 Å². The summed E-state index contributed by atoms with van der Waals surface area (Å²) < 4.78 is 74.1. The minimum Gasteiger partial charge on any atom is -0.300 e. The summed E-state index contributed by atoms with van der Waals surface area (Å²) in [5, 5.41) is 0. The van der Waals surface area contributed by atoms with Gasteiger partial charge in [-0.1, -0.05) is 25.5 Å². The molecule has 0 unspecified atom stereocenters. The zero-order valence-electron chi connectivity index (χ0n) is 11.2. The molecule has 0 aliphatic rings. The fourth-order valence-electron chi connectivity index (χ4n) is 1.59. The monoisotopic (exact) mass is 289 g/mol. The van der Waals surface area contributed by atoms with Gasteiger partial charge in [0.15, 0.2) is 0 Å². The van der Waals surface area contributed by atoms with Gasteiger partial charge in [0, 0.05) is 6.54 Å². The van der Waals surface area contributed by atoms with Gasteiger partial charge in [0.1, 0.15) is 0 Å². The van der Waals surface area contributed by atoms with Crippen molar-refractivity contribution in [3.63, 3.8) is 0 Å². The molecule has 0 N–H and O–H groups in total. The highest BCUT2D eigenvalue weighted by Gasteiger charge is 2.60. The Morgan fingerprint density at radius 1 is 1.00 bits per heavy atom. The topological polar surface area (TPSA) is 3.24 Å². The Labute approximate surface area is 109 Å². The van der Waals surface area contributed by atoms with Gasteiger partial charge in [-0.15, -0.1) is 0 Å². The molecule has 0 aromatic carbocycles. The van der Waals surface area contributed by atoms with Crippen molar-refractivity contribution < 1.29 is 26.3 Å². The second-order valence-corrected chi connectivity index (χ2v) is 4.38. The lowest BCUT2D eigenvalue weighted by molar-refractivity contribution is -0.104. The SMILES string of the molecule is CCN(CC)C/C=C(/C)CB(C(F)(F)F)C(F)(F)F. The average molecular weight is 289 g/mol. The molecular formula is C11H18BF6N. The van der Waals surface area contributed by atoms with Crippen molar-refractivity contribution in [3.05, 3.63) is 11.6 Å². The van der Waals surface area contributed by atoms with E-state index >= 15 is 0 Å². The summed E-state index contributed by atoms with van der Waals surface area (Å²) >= 11 is 0. The van der Waals surface area contributed by atoms with Crippen LogP contribution in [0.2, 0.25) is 6.32 Å². The van der Waals surface area contributed by atoms with Gasteiger partial charge in [-0.2, -0.15) is 26.3 Å². The number of likely N-dealkylation sites (N-methyl/N-ethyl adjacent to an activating group) is 1. The predicted octanol–water partition coefficient (Wildman–Crippen LogP) is 3.97. The van der Waals surface area contributed by atoms with Crippen molar-refractivity contribution in [2.24, 2.45) is 0 Å². The first-order valence-electron chi connectivity index (χ1n) is 6.03. The minimum atomic E-state index is -5.26. The van der Waals surface area contributed by atoms with Crippen LogP contribution in [0.1, 0.15) is 20.8 Å². The van der Waals surface area contributed by atoms with Crippen molar-refractivity contribution >= 4 is 6.71 Å². The van der Waals surface area contributed by atoms with Gasteiger partial charge in [-0.05, 0) is 26.3 Å². The summed E-state index contributed by atoms with van der Waals surface area (Å²) in [6.45, 7) is 3.52. The highest BCUT2D eigenvalue weighted by molar-refractivity contribution is 6.63. The van der Waals surface area contributed by atoms with Gasteiger partial charge in [0.25, 0.3) is 0 Å². The lowest BCUT2D eigenvalue weighted by atomic mass is 9.44. The first-order chi connectivity index (χ1) is 8.52. The van der Waals surface area contributed by atoms with E-state index in [1.807, 2.05) is 18.7 Å². The van der Waals surface area contributed by atoms with E-state index in [1.165, 1.54) is 13.0 Å². The van der Waals surface area contributed by atoms with Gasteiger partial charge in [-0.25, -0.2) is 0 Å². The smallest absolute Gasteiger partial charge is 0.300 e. The first-order valence-corrected chi connectivity index (χ1v) is 6.03. The number of hydrogen-bond donors (Lipinski definition) is 0. The molecule has 0 saturated carbocycles. The van der Waals surface area contributed by atoms with E-state index < -0.39 is 25.2 Å². The van der Waals surface area contributed by atoms with Crippen molar-refractivity contribution in [1.82, 2.24) is 4.90 Å². The average Bonchev–Trinajstić information content (AvgIpc) is 2.24. The maximum Gasteiger partial charge on any atom is 0.404 e. The Kier molecular flexibility index (Phi) is 6.96. The normalized spacial score (nSPS) is 14.1. The molecule has 0 heterocycles. The van der Waals surface area contributed by atoms with Crippen molar-refractivity contribution in [2.75, 3.05) is 19.6 Å². The van der Waals surface area contributed by atoms with Crippen LogP contribution in [0.25, 0.3) is 0 Å². The molecule has 0 aliphatic carbocycles. The lowest BCUT2D eigenvalue weighted by Gasteiger charge is -2.20. The lowest BCUT2D eigenvalue weighted by Crippen LogP contribution is -2.47. The fourth-order valence-corrected chi connectivity index (χ4v) is 1.59. The summed E-state index contributed by atoms with van der Waals surface area (Å²) in [5.74, 6) is 0. The van der Waals surface area contributed by atoms with E-state index in [2.05, 4.69) is 0 Å². The second-order valence-electron chi connectivity index (χ2n) is 4.38. The predicted molar refractivity (Wildman–Crippen MR) is 64.2 cm³/mol. The standard InChI is InChI=1S/C11H18BF6N/c1-4-19(5-2)7-6-9(3)8-12(10(13,14)15)11(16,17)18/h6H,4-5,7-8H2,1-3H3/b9-6-. The van der Waals surface area contributed by atoms with Crippen LogP contribution in [-0.4, -0.2) is 43.4 Å². The number of nitrogens with zero attached hydrogens (tertiary/aromatic N) is 1. The third-order valence-electron chi connectivity index (χ3n) is 2.91. The molecule has 0 aliphatic heterocycles. The van der Waals surface area contributed by atoms with Gasteiger partial charge in [-0.3, -0.25) is 0 Å². The Hall–Kier alpha value is -0.655. The molecule has 0 saturated heterocycles. The van der Waals surface area contributed by atoms with Crippen molar-refractivity contribution in [3.8, 4) is 0 Å². The summed E-state index contributed by atoms with van der Waals surface area (Å²) in [7, 11) is 0. The molecule has 19 heavy (non-hydrogen) atoms. The van der Waals surface area contributed by atoms with Crippen LogP contribution in [0.4, 0.5) is 26.3 Å². The zero-order valence-corrected chi connectivity index (χ0v) is 11.2. The number of alkyl halides is 6. The van der Waals surface area contributed by atoms with Crippen molar-refractivity contribution in [1.29, 1.82) is 0 Å². The molecule has 0 spiro atoms. The molecule has 0 aromatic heterocycles. The van der Waals surface area contributed by atoms with Crippen LogP contribution in [0, 0.1) is 0 Å². The maximum atomic E-state index is 12.3. The Balaban J connectivity index is 4.73. The van der Waals surface area contributed by atoms with Crippen LogP contribution in [0.5, 0.6) is 0 Å². The second kappa shape index (κ2) is 7.21. The molecule has 0 amide bonds. The van der Waals surface area contributed by atoms with E-state index in [4.69, 9.17) is 0 Å². The van der Waals surface area contributed by atoms with Crippen LogP contribution < -0.4 is 0 Å². The summed E-state index contributed by atoms with van der Waals surface area (Å²) in [5.41, 5.74) is 0.103. The van der Waals surface area contributed by atoms with Crippen LogP contribution in [0.3, 0.4) is 0 Å². The Morgan fingerprint density at radius 3 is 1.74 bits per heavy atom. The molecule has 0 aromatic rings. The number of rotatable bonds is 6. The van der Waals surface area contributed by atoms with E-state index in [0.29, 0.717) is 19.6 Å². The minimum absolute atomic E-state index is 0.103. The molecular weight excluding hydrogens is 271 g/mol. The number of hydrogen-bond acceptors (Lipinski definition) is 1. The van der Waals surface area contributed by atoms with E-state index in [9.17, 15) is 26.3 Å². The van der Waals surface area contributed by atoms with Crippen LogP contribution in [0.15, 0.2) is 11.6 Å². The first kappa shape index (κ1) is 18.3. The highest BCUT2D eigenvalue weighted by Crippen LogP contribution is 2.35. The summed E-state index contributed by atoms with van der Waals surface area (Å²) in [6, 6.07) is 0. The zero-order chi connectivity index (χ0) is 15.3. The van der Waals surface area contributed by atoms with E-state index in [0.717, 1.165) is 0 Å². The molecule has 0 bridgehead atoms. The van der Waals surface area contributed by atoms with Gasteiger partial charge in [0.2, 0.25) is 0 Å². The molecule has 112 valence electrons. The van der Waals surface area contributed by atoms with E-state index in [1.54, 1.807) is 0 Å². The highest BCUT2D eigenvalue weighted by atomic mass is 19.4. The third-order valence-corrected chi connectivity index (χ3v) is 2.91. The molecule has 0 atom stereocenters. The van der Waals surface area contributed by atoms with E-state index in [-0.39, 0.29) is 5.57 Å². The summed E-state index contributed by atoms with van der Waals surface area (Å²) in [4.78, 5) is 1.90. The molecule has 1 nitrogen and oxygen atoms in total. The quantitative estimate of drug-likeness (QED) is 0.406. The van der Waals surface area contributed by atoms with Gasteiger partial charge in [0.05, 0.1) is 0 Å². The fraction of sp³-hybridized carbons (Fsp3) is 0.818. The van der Waals surface area contributed by atoms with Gasteiger partial charge >= 0.3 is 18.9 Å². The van der Waals surface area contributed by atoms with Crippen LogP contribution >= 0.6 is 0 Å².